The zero-order valence-corrected chi connectivity index (χ0v) is 18.8. The number of nitrogens with one attached hydrogen (secondary N) is 2. The number of urea groups is 1. The zero-order valence-electron chi connectivity index (χ0n) is 17.2. The van der Waals surface area contributed by atoms with E-state index in [0.29, 0.717) is 16.3 Å². The van der Waals surface area contributed by atoms with E-state index in [2.05, 4.69) is 15.5 Å². The van der Waals surface area contributed by atoms with E-state index in [-0.39, 0.29) is 10.0 Å². The number of anilines is 1. The Morgan fingerprint density at radius 3 is 2.36 bits per heavy atom. The van der Waals surface area contributed by atoms with E-state index >= 15 is 0 Å². The van der Waals surface area contributed by atoms with E-state index in [4.69, 9.17) is 11.6 Å². The predicted molar refractivity (Wildman–Crippen MR) is 121 cm³/mol. The second-order valence-electron chi connectivity index (χ2n) is 6.58. The Hall–Kier alpha value is -3.70. The fraction of sp³-hybridized carbons (Fsp3) is 0.0952. The number of imide groups is 1. The van der Waals surface area contributed by atoms with Crippen LogP contribution in [0.4, 0.5) is 18.7 Å². The molecule has 2 aromatic carbocycles. The number of aryl methyl sites for hydroxylation is 1. The average Bonchev–Trinajstić information content (AvgIpc) is 3.16. The van der Waals surface area contributed by atoms with Gasteiger partial charge in [-0.3, -0.25) is 19.8 Å². The number of thiazole rings is 1. The summed E-state index contributed by atoms with van der Waals surface area (Å²) in [6, 6.07) is 8.70. The normalized spacial score (nSPS) is 10.8. The predicted octanol–water partition coefficient (Wildman–Crippen LogP) is 4.13. The largest absolute Gasteiger partial charge is 0.330 e. The van der Waals surface area contributed by atoms with Crippen LogP contribution in [0.15, 0.2) is 47.6 Å². The van der Waals surface area contributed by atoms with Crippen LogP contribution in [0, 0.1) is 18.6 Å². The Morgan fingerprint density at radius 2 is 1.73 bits per heavy atom. The Morgan fingerprint density at radius 1 is 1.09 bits per heavy atom. The number of halogens is 3. The average molecular weight is 492 g/mol. The van der Waals surface area contributed by atoms with Crippen LogP contribution in [-0.2, 0) is 0 Å². The van der Waals surface area contributed by atoms with Gasteiger partial charge in [0.1, 0.15) is 22.1 Å². The number of carbonyl (C=O) groups is 3. The molecule has 3 aromatic rings. The molecule has 0 saturated heterocycles. The monoisotopic (exact) mass is 491 g/mol. The number of benzene rings is 2. The standard InChI is InChI=1S/C21H16ClF2N5O3S/c1-11-17(19(31)28-25-10-12-6-8-13(22)9-7-12)33-21(26-11)29(2)20(32)27-18(30)16-14(23)4-3-5-15(16)24/h3-10H,1-2H3,(H,28,31)(H,27,30,32)/b25-10+. The highest BCUT2D eigenvalue weighted by molar-refractivity contribution is 7.17. The first-order valence-corrected chi connectivity index (χ1v) is 10.5. The number of carbonyl (C=O) groups excluding carboxylic acids is 3. The van der Waals surface area contributed by atoms with Gasteiger partial charge < -0.3 is 0 Å². The molecule has 0 saturated carbocycles. The number of hydrazone groups is 1. The number of aromatic nitrogens is 1. The number of nitrogens with zero attached hydrogens (tertiary/aromatic N) is 3. The molecule has 170 valence electrons. The van der Waals surface area contributed by atoms with Gasteiger partial charge in [0.15, 0.2) is 5.13 Å². The van der Waals surface area contributed by atoms with Gasteiger partial charge in [-0.15, -0.1) is 0 Å². The van der Waals surface area contributed by atoms with Crippen LogP contribution in [0.3, 0.4) is 0 Å². The molecule has 3 rings (SSSR count). The summed E-state index contributed by atoms with van der Waals surface area (Å²) in [4.78, 5) is 42.2. The van der Waals surface area contributed by atoms with Crippen LogP contribution < -0.4 is 15.6 Å². The van der Waals surface area contributed by atoms with Crippen molar-refractivity contribution in [2.45, 2.75) is 6.92 Å². The molecule has 1 heterocycles. The molecule has 0 unspecified atom stereocenters. The summed E-state index contributed by atoms with van der Waals surface area (Å²) in [5.41, 5.74) is 2.52. The van der Waals surface area contributed by atoms with Gasteiger partial charge in [-0.05, 0) is 36.8 Å². The molecule has 1 aromatic heterocycles. The van der Waals surface area contributed by atoms with Crippen LogP contribution in [0.25, 0.3) is 0 Å². The summed E-state index contributed by atoms with van der Waals surface area (Å²) in [6.07, 6.45) is 1.43. The lowest BCUT2D eigenvalue weighted by molar-refractivity contribution is 0.0948. The minimum absolute atomic E-state index is 0.0821. The number of hydrogen-bond acceptors (Lipinski definition) is 6. The molecular formula is C21H16ClF2N5O3S. The van der Waals surface area contributed by atoms with Crippen molar-refractivity contribution in [3.63, 3.8) is 0 Å². The summed E-state index contributed by atoms with van der Waals surface area (Å²) in [7, 11) is 1.29. The molecular weight excluding hydrogens is 476 g/mol. The SMILES string of the molecule is Cc1nc(N(C)C(=O)NC(=O)c2c(F)cccc2F)sc1C(=O)N/N=C/c1ccc(Cl)cc1. The maximum atomic E-state index is 13.8. The van der Waals surface area contributed by atoms with Gasteiger partial charge in [0.05, 0.1) is 11.9 Å². The summed E-state index contributed by atoms with van der Waals surface area (Å²) < 4.78 is 27.5. The van der Waals surface area contributed by atoms with Gasteiger partial charge in [-0.1, -0.05) is 41.1 Å². The lowest BCUT2D eigenvalue weighted by atomic mass is 10.2. The molecule has 0 bridgehead atoms. The summed E-state index contributed by atoms with van der Waals surface area (Å²) in [5.74, 6) is -4.01. The summed E-state index contributed by atoms with van der Waals surface area (Å²) in [5, 5.41) is 6.41. The van der Waals surface area contributed by atoms with E-state index in [1.807, 2.05) is 5.32 Å². The van der Waals surface area contributed by atoms with E-state index in [0.717, 1.165) is 34.4 Å². The molecule has 8 nitrogen and oxygen atoms in total. The highest BCUT2D eigenvalue weighted by Gasteiger charge is 2.24. The first-order valence-electron chi connectivity index (χ1n) is 9.27. The van der Waals surface area contributed by atoms with Gasteiger partial charge in [-0.25, -0.2) is 24.0 Å². The van der Waals surface area contributed by atoms with Crippen molar-refractivity contribution in [3.8, 4) is 0 Å². The topological polar surface area (TPSA) is 104 Å². The van der Waals surface area contributed by atoms with Crippen molar-refractivity contribution in [3.05, 3.63) is 80.8 Å². The lowest BCUT2D eigenvalue weighted by Crippen LogP contribution is -2.41. The Bertz CT molecular complexity index is 1230. The quantitative estimate of drug-likeness (QED) is 0.413. The van der Waals surface area contributed by atoms with Crippen molar-refractivity contribution in [1.82, 2.24) is 15.7 Å². The van der Waals surface area contributed by atoms with Crippen molar-refractivity contribution in [2.75, 3.05) is 11.9 Å². The van der Waals surface area contributed by atoms with E-state index in [1.165, 1.54) is 13.3 Å². The van der Waals surface area contributed by atoms with Crippen LogP contribution in [-0.4, -0.2) is 36.1 Å². The number of hydrogen-bond donors (Lipinski definition) is 2. The van der Waals surface area contributed by atoms with Gasteiger partial charge in [-0.2, -0.15) is 5.10 Å². The molecule has 0 aliphatic rings. The van der Waals surface area contributed by atoms with Crippen molar-refractivity contribution in [1.29, 1.82) is 0 Å². The highest BCUT2D eigenvalue weighted by Crippen LogP contribution is 2.25. The van der Waals surface area contributed by atoms with E-state index in [9.17, 15) is 23.2 Å². The molecule has 0 atom stereocenters. The van der Waals surface area contributed by atoms with Gasteiger partial charge in [0.2, 0.25) is 0 Å². The van der Waals surface area contributed by atoms with E-state index in [1.54, 1.807) is 31.2 Å². The Labute approximate surface area is 195 Å². The first-order chi connectivity index (χ1) is 15.7. The number of amides is 4. The molecule has 2 N–H and O–H groups in total. The smallest absolute Gasteiger partial charge is 0.273 e. The van der Waals surface area contributed by atoms with Crippen LogP contribution >= 0.6 is 22.9 Å². The lowest BCUT2D eigenvalue weighted by Gasteiger charge is -2.14. The molecule has 4 amide bonds. The third-order valence-electron chi connectivity index (χ3n) is 4.24. The van der Waals surface area contributed by atoms with Crippen molar-refractivity contribution >= 4 is 52.1 Å². The maximum absolute atomic E-state index is 13.8. The highest BCUT2D eigenvalue weighted by atomic mass is 35.5. The molecule has 0 aliphatic heterocycles. The number of rotatable bonds is 5. The minimum Gasteiger partial charge on any atom is -0.273 e. The van der Waals surface area contributed by atoms with Gasteiger partial charge in [0, 0.05) is 12.1 Å². The summed E-state index contributed by atoms with van der Waals surface area (Å²) >= 11 is 6.68. The first kappa shape index (κ1) is 24.0. The maximum Gasteiger partial charge on any atom is 0.330 e. The second kappa shape index (κ2) is 10.3. The molecule has 12 heteroatoms. The van der Waals surface area contributed by atoms with Crippen molar-refractivity contribution < 1.29 is 23.2 Å². The Balaban J connectivity index is 1.66. The van der Waals surface area contributed by atoms with Crippen LogP contribution in [0.1, 0.15) is 31.3 Å². The van der Waals surface area contributed by atoms with Gasteiger partial charge >= 0.3 is 6.03 Å². The third kappa shape index (κ3) is 5.76. The molecule has 0 spiro atoms. The van der Waals surface area contributed by atoms with Crippen LogP contribution in [0.5, 0.6) is 0 Å². The van der Waals surface area contributed by atoms with Crippen LogP contribution in [0.2, 0.25) is 5.02 Å². The Kier molecular flexibility index (Phi) is 7.46. The van der Waals surface area contributed by atoms with Gasteiger partial charge in [0.25, 0.3) is 11.8 Å². The van der Waals surface area contributed by atoms with E-state index < -0.39 is 35.0 Å². The second-order valence-corrected chi connectivity index (χ2v) is 7.99. The fourth-order valence-electron chi connectivity index (χ4n) is 2.55. The molecule has 0 radical (unpaired) electrons. The van der Waals surface area contributed by atoms with Crippen molar-refractivity contribution in [2.24, 2.45) is 5.10 Å². The zero-order chi connectivity index (χ0) is 24.1. The molecule has 33 heavy (non-hydrogen) atoms. The third-order valence-corrected chi connectivity index (χ3v) is 5.73. The fourth-order valence-corrected chi connectivity index (χ4v) is 3.59. The minimum atomic E-state index is -1.25. The molecule has 0 fully saturated rings. The molecule has 0 aliphatic carbocycles. The summed E-state index contributed by atoms with van der Waals surface area (Å²) in [6.45, 7) is 1.56.